The summed E-state index contributed by atoms with van der Waals surface area (Å²) >= 11 is 0. The number of carbonyl (C=O) groups is 3. The fraction of sp³-hybridized carbons (Fsp3) is 0.764. The Bertz CT molecular complexity index is 1120. The van der Waals surface area contributed by atoms with Gasteiger partial charge < -0.3 is 14.2 Å². The molecule has 0 N–H and O–H groups in total. The predicted octanol–water partition coefficient (Wildman–Crippen LogP) is 16.9. The lowest BCUT2D eigenvalue weighted by Crippen LogP contribution is -2.30. The van der Waals surface area contributed by atoms with Crippen molar-refractivity contribution in [1.29, 1.82) is 0 Å². The van der Waals surface area contributed by atoms with Crippen molar-refractivity contribution in [3.8, 4) is 0 Å². The van der Waals surface area contributed by atoms with Crippen molar-refractivity contribution in [3.05, 3.63) is 60.8 Å². The van der Waals surface area contributed by atoms with Gasteiger partial charge in [-0.25, -0.2) is 0 Å². The first-order valence-electron chi connectivity index (χ1n) is 25.8. The van der Waals surface area contributed by atoms with Gasteiger partial charge in [0.2, 0.25) is 0 Å². The summed E-state index contributed by atoms with van der Waals surface area (Å²) in [6, 6.07) is 0. The van der Waals surface area contributed by atoms with E-state index in [1.54, 1.807) is 0 Å². The van der Waals surface area contributed by atoms with Crippen LogP contribution in [0.2, 0.25) is 0 Å². The Morgan fingerprint density at radius 2 is 0.639 bits per heavy atom. The van der Waals surface area contributed by atoms with Crippen molar-refractivity contribution in [2.75, 3.05) is 13.2 Å². The molecule has 0 aromatic rings. The van der Waals surface area contributed by atoms with Crippen LogP contribution in [0.15, 0.2) is 60.8 Å². The van der Waals surface area contributed by atoms with Crippen molar-refractivity contribution in [2.45, 2.75) is 258 Å². The number of hydrogen-bond donors (Lipinski definition) is 0. The Balaban J connectivity index is 4.24. The molecule has 0 aromatic heterocycles. The van der Waals surface area contributed by atoms with Gasteiger partial charge in [-0.05, 0) is 64.2 Å². The molecule has 0 saturated heterocycles. The summed E-state index contributed by atoms with van der Waals surface area (Å²) in [5.74, 6) is -0.886. The summed E-state index contributed by atoms with van der Waals surface area (Å²) in [7, 11) is 0. The van der Waals surface area contributed by atoms with E-state index < -0.39 is 6.10 Å². The second kappa shape index (κ2) is 49.8. The van der Waals surface area contributed by atoms with Crippen molar-refractivity contribution in [1.82, 2.24) is 0 Å². The van der Waals surface area contributed by atoms with Gasteiger partial charge in [-0.1, -0.05) is 229 Å². The Labute approximate surface area is 377 Å². The van der Waals surface area contributed by atoms with Crippen molar-refractivity contribution in [3.63, 3.8) is 0 Å². The van der Waals surface area contributed by atoms with E-state index in [1.807, 2.05) is 0 Å². The van der Waals surface area contributed by atoms with Crippen LogP contribution in [0.3, 0.4) is 0 Å². The van der Waals surface area contributed by atoms with Crippen molar-refractivity contribution < 1.29 is 28.6 Å². The van der Waals surface area contributed by atoms with Crippen LogP contribution in [-0.2, 0) is 28.6 Å². The summed E-state index contributed by atoms with van der Waals surface area (Å²) in [6.45, 7) is 6.49. The van der Waals surface area contributed by atoms with Crippen LogP contribution < -0.4 is 0 Å². The summed E-state index contributed by atoms with van der Waals surface area (Å²) in [5, 5.41) is 0. The van der Waals surface area contributed by atoms with Crippen LogP contribution >= 0.6 is 0 Å². The van der Waals surface area contributed by atoms with Crippen molar-refractivity contribution >= 4 is 17.9 Å². The summed E-state index contributed by atoms with van der Waals surface area (Å²) in [5.41, 5.74) is 0. The minimum Gasteiger partial charge on any atom is -0.462 e. The lowest BCUT2D eigenvalue weighted by Gasteiger charge is -2.18. The molecule has 352 valence electrons. The van der Waals surface area contributed by atoms with Gasteiger partial charge in [0.15, 0.2) is 6.10 Å². The first-order valence-corrected chi connectivity index (χ1v) is 25.8. The molecule has 61 heavy (non-hydrogen) atoms. The fourth-order valence-corrected chi connectivity index (χ4v) is 7.17. The highest BCUT2D eigenvalue weighted by Crippen LogP contribution is 2.15. The molecule has 0 aliphatic rings. The molecule has 1 atom stereocenters. The summed E-state index contributed by atoms with van der Waals surface area (Å²) < 4.78 is 16.7. The number of rotatable bonds is 46. The van der Waals surface area contributed by atoms with Crippen LogP contribution in [0.5, 0.6) is 0 Å². The van der Waals surface area contributed by atoms with Gasteiger partial charge in [0, 0.05) is 19.3 Å². The number of ether oxygens (including phenoxy) is 3. The van der Waals surface area contributed by atoms with E-state index in [0.29, 0.717) is 19.3 Å². The van der Waals surface area contributed by atoms with Crippen LogP contribution in [0.1, 0.15) is 252 Å². The van der Waals surface area contributed by atoms with Crippen LogP contribution in [0, 0.1) is 0 Å². The van der Waals surface area contributed by atoms with E-state index in [-0.39, 0.29) is 31.1 Å². The zero-order valence-corrected chi connectivity index (χ0v) is 40.2. The maximum atomic E-state index is 12.7. The van der Waals surface area contributed by atoms with Crippen LogP contribution in [0.25, 0.3) is 0 Å². The minimum absolute atomic E-state index is 0.0750. The lowest BCUT2D eigenvalue weighted by atomic mass is 10.0. The average Bonchev–Trinajstić information content (AvgIpc) is 3.26. The van der Waals surface area contributed by atoms with Crippen LogP contribution in [0.4, 0.5) is 0 Å². The zero-order valence-electron chi connectivity index (χ0n) is 40.2. The molecular weight excluding hydrogens is 757 g/mol. The number of esters is 3. The molecule has 0 fully saturated rings. The van der Waals surface area contributed by atoms with E-state index in [9.17, 15) is 14.4 Å². The monoisotopic (exact) mass is 853 g/mol. The molecule has 0 amide bonds. The topological polar surface area (TPSA) is 78.9 Å². The van der Waals surface area contributed by atoms with Crippen LogP contribution in [-0.4, -0.2) is 37.2 Å². The first-order chi connectivity index (χ1) is 30.0. The largest absolute Gasteiger partial charge is 0.462 e. The fourth-order valence-electron chi connectivity index (χ4n) is 7.17. The Morgan fingerprint density at radius 3 is 1.00 bits per heavy atom. The standard InChI is InChI=1S/C55H96O6/c1-4-7-10-13-16-19-21-23-24-25-26-27-28-29-30-31-32-33-35-36-39-42-45-48-54(57)60-51-52(50-59-53(56)47-44-41-38-18-15-12-9-6-3)61-55(58)49-46-43-40-37-34-22-20-17-14-11-8-5-2/h7,10,16,19,23-24,26-27,29-30,52H,4-6,8-9,11-15,17-18,20-22,25,28,31-51H2,1-3H3/b10-7-,19-16-,24-23-,27-26-,30-29-. The highest BCUT2D eigenvalue weighted by Gasteiger charge is 2.19. The smallest absolute Gasteiger partial charge is 0.306 e. The number of carbonyl (C=O) groups excluding carboxylic acids is 3. The maximum Gasteiger partial charge on any atom is 0.306 e. The van der Waals surface area contributed by atoms with Gasteiger partial charge in [-0.2, -0.15) is 0 Å². The molecule has 0 aromatic carbocycles. The van der Waals surface area contributed by atoms with Gasteiger partial charge in [-0.15, -0.1) is 0 Å². The highest BCUT2D eigenvalue weighted by atomic mass is 16.6. The maximum absolute atomic E-state index is 12.7. The van der Waals surface area contributed by atoms with Crippen molar-refractivity contribution in [2.24, 2.45) is 0 Å². The van der Waals surface area contributed by atoms with Gasteiger partial charge >= 0.3 is 17.9 Å². The van der Waals surface area contributed by atoms with E-state index in [2.05, 4.69) is 81.5 Å². The number of unbranched alkanes of at least 4 members (excludes halogenated alkanes) is 25. The highest BCUT2D eigenvalue weighted by molar-refractivity contribution is 5.71. The molecular formula is C55H96O6. The molecule has 1 unspecified atom stereocenters. The molecule has 0 radical (unpaired) electrons. The molecule has 0 bridgehead atoms. The number of hydrogen-bond acceptors (Lipinski definition) is 6. The summed E-state index contributed by atoms with van der Waals surface area (Å²) in [6.07, 6.45) is 60.7. The molecule has 0 spiro atoms. The molecule has 6 heteroatoms. The summed E-state index contributed by atoms with van der Waals surface area (Å²) in [4.78, 5) is 37.8. The SMILES string of the molecule is CC/C=C\C/C=C\C/C=C\C/C=C\C/C=C\CCCCCCCCCC(=O)OCC(COC(=O)CCCCCCCCCC)OC(=O)CCCCCCCCCCCCCC. The molecule has 0 aliphatic carbocycles. The lowest BCUT2D eigenvalue weighted by molar-refractivity contribution is -0.167. The molecule has 0 saturated carbocycles. The minimum atomic E-state index is -0.772. The van der Waals surface area contributed by atoms with Gasteiger partial charge in [0.1, 0.15) is 13.2 Å². The average molecular weight is 853 g/mol. The van der Waals surface area contributed by atoms with E-state index in [1.165, 1.54) is 116 Å². The Morgan fingerprint density at radius 1 is 0.344 bits per heavy atom. The predicted molar refractivity (Wildman–Crippen MR) is 261 cm³/mol. The normalized spacial score (nSPS) is 12.5. The zero-order chi connectivity index (χ0) is 44.4. The second-order valence-corrected chi connectivity index (χ2v) is 17.1. The van der Waals surface area contributed by atoms with E-state index in [0.717, 1.165) is 96.3 Å². The third-order valence-corrected chi connectivity index (χ3v) is 11.0. The van der Waals surface area contributed by atoms with E-state index >= 15 is 0 Å². The Hall–Kier alpha value is -2.89. The second-order valence-electron chi connectivity index (χ2n) is 17.1. The molecule has 0 rings (SSSR count). The number of allylic oxidation sites excluding steroid dienone is 10. The third-order valence-electron chi connectivity index (χ3n) is 11.0. The third kappa shape index (κ3) is 48.0. The molecule has 6 nitrogen and oxygen atoms in total. The first kappa shape index (κ1) is 58.1. The van der Waals surface area contributed by atoms with Gasteiger partial charge in [-0.3, -0.25) is 14.4 Å². The van der Waals surface area contributed by atoms with Gasteiger partial charge in [0.25, 0.3) is 0 Å². The van der Waals surface area contributed by atoms with Gasteiger partial charge in [0.05, 0.1) is 0 Å². The quantitative estimate of drug-likeness (QED) is 0.0263. The Kier molecular flexibility index (Phi) is 47.4. The van der Waals surface area contributed by atoms with E-state index in [4.69, 9.17) is 14.2 Å². The molecule has 0 aliphatic heterocycles. The molecule has 0 heterocycles.